The quantitative estimate of drug-likeness (QED) is 0.535. The predicted molar refractivity (Wildman–Crippen MR) is 140 cm³/mol. The van der Waals surface area contributed by atoms with Crippen LogP contribution in [0.15, 0.2) is 48.5 Å². The smallest absolute Gasteiger partial charge is 0.244 e. The minimum atomic E-state index is -3.77. The zero-order valence-electron chi connectivity index (χ0n) is 20.5. The Kier molecular flexibility index (Phi) is 9.19. The molecule has 1 aliphatic rings. The second-order valence-electron chi connectivity index (χ2n) is 9.28. The first-order chi connectivity index (χ1) is 16.5. The number of halogens is 1. The summed E-state index contributed by atoms with van der Waals surface area (Å²) in [5.41, 5.74) is 2.24. The summed E-state index contributed by atoms with van der Waals surface area (Å²) in [6, 6.07) is 13.3. The van der Waals surface area contributed by atoms with Crippen molar-refractivity contribution in [2.45, 2.75) is 64.6 Å². The third-order valence-corrected chi connectivity index (χ3v) is 7.74. The molecule has 0 heterocycles. The normalized spacial score (nSPS) is 15.3. The molecule has 35 heavy (non-hydrogen) atoms. The number of aryl methyl sites for hydroxylation is 1. The van der Waals surface area contributed by atoms with E-state index in [1.807, 2.05) is 31.2 Å². The van der Waals surface area contributed by atoms with Crippen molar-refractivity contribution in [3.8, 4) is 0 Å². The molecule has 1 atom stereocenters. The Morgan fingerprint density at radius 2 is 1.74 bits per heavy atom. The van der Waals surface area contributed by atoms with E-state index in [-0.39, 0.29) is 18.5 Å². The van der Waals surface area contributed by atoms with Crippen LogP contribution < -0.4 is 9.62 Å². The maximum Gasteiger partial charge on any atom is 0.244 e. The van der Waals surface area contributed by atoms with Crippen LogP contribution in [0.2, 0.25) is 5.02 Å². The highest BCUT2D eigenvalue weighted by atomic mass is 35.5. The number of anilines is 1. The highest BCUT2D eigenvalue weighted by Gasteiger charge is 2.31. The molecule has 1 saturated carbocycles. The second kappa shape index (κ2) is 11.9. The summed E-state index contributed by atoms with van der Waals surface area (Å²) < 4.78 is 26.2. The van der Waals surface area contributed by atoms with Crippen LogP contribution >= 0.6 is 11.6 Å². The van der Waals surface area contributed by atoms with E-state index in [0.29, 0.717) is 10.7 Å². The fraction of sp³-hybridized carbons (Fsp3) is 0.462. The van der Waals surface area contributed by atoms with E-state index in [2.05, 4.69) is 5.32 Å². The van der Waals surface area contributed by atoms with Gasteiger partial charge in [-0.25, -0.2) is 8.42 Å². The lowest BCUT2D eigenvalue weighted by Gasteiger charge is -2.33. The van der Waals surface area contributed by atoms with Crippen LogP contribution in [0.1, 0.15) is 50.2 Å². The average Bonchev–Trinajstić information content (AvgIpc) is 2.81. The van der Waals surface area contributed by atoms with Crippen molar-refractivity contribution >= 4 is 39.1 Å². The van der Waals surface area contributed by atoms with Gasteiger partial charge in [0, 0.05) is 17.6 Å². The summed E-state index contributed by atoms with van der Waals surface area (Å²) in [4.78, 5) is 28.2. The van der Waals surface area contributed by atoms with Gasteiger partial charge in [-0.15, -0.1) is 0 Å². The number of carbonyl (C=O) groups is 2. The fourth-order valence-electron chi connectivity index (χ4n) is 4.38. The first-order valence-electron chi connectivity index (χ1n) is 11.9. The van der Waals surface area contributed by atoms with Crippen molar-refractivity contribution in [3.63, 3.8) is 0 Å². The zero-order chi connectivity index (χ0) is 25.6. The number of nitrogens with zero attached hydrogens (tertiary/aromatic N) is 2. The van der Waals surface area contributed by atoms with Gasteiger partial charge in [0.05, 0.1) is 11.9 Å². The maximum absolute atomic E-state index is 13.6. The van der Waals surface area contributed by atoms with Crippen LogP contribution in [0, 0.1) is 6.92 Å². The van der Waals surface area contributed by atoms with E-state index in [0.717, 1.165) is 47.4 Å². The van der Waals surface area contributed by atoms with Crippen molar-refractivity contribution in [1.29, 1.82) is 0 Å². The summed E-state index contributed by atoms with van der Waals surface area (Å²) >= 11 is 5.96. The van der Waals surface area contributed by atoms with Gasteiger partial charge in [-0.05, 0) is 56.5 Å². The largest absolute Gasteiger partial charge is 0.352 e. The number of benzene rings is 2. The standard InChI is InChI=1S/C26H34ClN3O4S/c1-19-8-7-9-21(16-19)17-29(20(2)26(32)28-23-10-5-4-6-11-23)25(31)18-30(35(3,33)34)24-14-12-22(27)13-15-24/h7-9,12-16,20,23H,4-6,10-11,17-18H2,1-3H3,(H,28,32)/t20-/m0/s1. The average molecular weight is 520 g/mol. The van der Waals surface area contributed by atoms with Gasteiger partial charge in [-0.2, -0.15) is 0 Å². The van der Waals surface area contributed by atoms with Gasteiger partial charge in [0.15, 0.2) is 0 Å². The molecule has 0 radical (unpaired) electrons. The van der Waals surface area contributed by atoms with Crippen LogP contribution in [0.25, 0.3) is 0 Å². The highest BCUT2D eigenvalue weighted by molar-refractivity contribution is 7.92. The van der Waals surface area contributed by atoms with E-state index >= 15 is 0 Å². The number of amides is 2. The van der Waals surface area contributed by atoms with Crippen LogP contribution in [0.5, 0.6) is 0 Å². The molecule has 2 aromatic carbocycles. The third-order valence-electron chi connectivity index (χ3n) is 6.35. The molecule has 2 amide bonds. The van der Waals surface area contributed by atoms with E-state index in [4.69, 9.17) is 11.6 Å². The Balaban J connectivity index is 1.86. The molecule has 9 heteroatoms. The summed E-state index contributed by atoms with van der Waals surface area (Å²) in [5.74, 6) is -0.687. The predicted octanol–water partition coefficient (Wildman–Crippen LogP) is 4.28. The van der Waals surface area contributed by atoms with Crippen molar-refractivity contribution in [2.75, 3.05) is 17.1 Å². The van der Waals surface area contributed by atoms with Crippen molar-refractivity contribution in [3.05, 3.63) is 64.7 Å². The Hall–Kier alpha value is -2.58. The molecule has 1 fully saturated rings. The number of hydrogen-bond donors (Lipinski definition) is 1. The highest BCUT2D eigenvalue weighted by Crippen LogP contribution is 2.22. The fourth-order valence-corrected chi connectivity index (χ4v) is 5.36. The monoisotopic (exact) mass is 519 g/mol. The summed E-state index contributed by atoms with van der Waals surface area (Å²) in [6.45, 7) is 3.42. The van der Waals surface area contributed by atoms with Crippen LogP contribution in [-0.2, 0) is 26.2 Å². The lowest BCUT2D eigenvalue weighted by atomic mass is 9.95. The number of nitrogens with one attached hydrogen (secondary N) is 1. The lowest BCUT2D eigenvalue weighted by Crippen LogP contribution is -2.52. The minimum Gasteiger partial charge on any atom is -0.352 e. The molecule has 2 aromatic rings. The van der Waals surface area contributed by atoms with Gasteiger partial charge in [0.2, 0.25) is 21.8 Å². The Morgan fingerprint density at radius 3 is 2.34 bits per heavy atom. The molecule has 0 saturated heterocycles. The van der Waals surface area contributed by atoms with Crippen molar-refractivity contribution < 1.29 is 18.0 Å². The topological polar surface area (TPSA) is 86.8 Å². The molecule has 0 unspecified atom stereocenters. The molecule has 1 aliphatic carbocycles. The molecule has 0 spiro atoms. The van der Waals surface area contributed by atoms with Crippen molar-refractivity contribution in [1.82, 2.24) is 10.2 Å². The first kappa shape index (κ1) is 27.0. The van der Waals surface area contributed by atoms with E-state index in [1.54, 1.807) is 31.2 Å². The van der Waals surface area contributed by atoms with Crippen LogP contribution in [-0.4, -0.2) is 50.0 Å². The second-order valence-corrected chi connectivity index (χ2v) is 11.6. The third kappa shape index (κ3) is 7.70. The Labute approximate surface area is 213 Å². The van der Waals surface area contributed by atoms with Gasteiger partial charge < -0.3 is 10.2 Å². The molecule has 7 nitrogen and oxygen atoms in total. The van der Waals surface area contributed by atoms with E-state index < -0.39 is 28.5 Å². The van der Waals surface area contributed by atoms with Gasteiger partial charge in [-0.3, -0.25) is 13.9 Å². The number of sulfonamides is 1. The SMILES string of the molecule is Cc1cccc(CN(C(=O)CN(c2ccc(Cl)cc2)S(C)(=O)=O)[C@@H](C)C(=O)NC2CCCCC2)c1. The summed E-state index contributed by atoms with van der Waals surface area (Å²) in [6.07, 6.45) is 6.25. The zero-order valence-corrected chi connectivity index (χ0v) is 22.1. The maximum atomic E-state index is 13.6. The number of carbonyl (C=O) groups excluding carboxylic acids is 2. The molecule has 3 rings (SSSR count). The molecule has 0 aromatic heterocycles. The van der Waals surface area contributed by atoms with Gasteiger partial charge >= 0.3 is 0 Å². The molecular formula is C26H34ClN3O4S. The summed E-state index contributed by atoms with van der Waals surface area (Å²) in [7, 11) is -3.77. The van der Waals surface area contributed by atoms with Crippen LogP contribution in [0.3, 0.4) is 0 Å². The van der Waals surface area contributed by atoms with Gasteiger partial charge in [-0.1, -0.05) is 60.7 Å². The Bertz CT molecular complexity index is 1130. The molecule has 1 N–H and O–H groups in total. The minimum absolute atomic E-state index is 0.108. The number of rotatable bonds is 9. The van der Waals surface area contributed by atoms with E-state index in [1.165, 1.54) is 11.3 Å². The van der Waals surface area contributed by atoms with Crippen LogP contribution in [0.4, 0.5) is 5.69 Å². The molecular weight excluding hydrogens is 486 g/mol. The molecule has 0 aliphatic heterocycles. The molecule has 190 valence electrons. The van der Waals surface area contributed by atoms with Gasteiger partial charge in [0.25, 0.3) is 0 Å². The van der Waals surface area contributed by atoms with E-state index in [9.17, 15) is 18.0 Å². The number of hydrogen-bond acceptors (Lipinski definition) is 4. The lowest BCUT2D eigenvalue weighted by molar-refractivity contribution is -0.139. The van der Waals surface area contributed by atoms with Gasteiger partial charge in [0.1, 0.15) is 12.6 Å². The first-order valence-corrected chi connectivity index (χ1v) is 14.2. The molecule has 0 bridgehead atoms. The Morgan fingerprint density at radius 1 is 1.09 bits per heavy atom. The van der Waals surface area contributed by atoms with Crippen molar-refractivity contribution in [2.24, 2.45) is 0 Å². The summed E-state index contributed by atoms with van der Waals surface area (Å²) in [5, 5.41) is 3.55.